The third kappa shape index (κ3) is 2.90. The van der Waals surface area contributed by atoms with E-state index in [0.717, 1.165) is 13.0 Å². The van der Waals surface area contributed by atoms with E-state index < -0.39 is 0 Å². The average Bonchev–Trinajstić information content (AvgIpc) is 3.07. The van der Waals surface area contributed by atoms with Gasteiger partial charge in [0.2, 0.25) is 0 Å². The molecule has 0 aliphatic heterocycles. The van der Waals surface area contributed by atoms with E-state index in [-0.39, 0.29) is 5.41 Å². The summed E-state index contributed by atoms with van der Waals surface area (Å²) in [6, 6.07) is 10.2. The van der Waals surface area contributed by atoms with Gasteiger partial charge in [-0.05, 0) is 24.8 Å². The van der Waals surface area contributed by atoms with Crippen LogP contribution in [0.4, 0.5) is 0 Å². The predicted molar refractivity (Wildman–Crippen MR) is 61.2 cm³/mol. The van der Waals surface area contributed by atoms with Gasteiger partial charge in [-0.3, -0.25) is 0 Å². The largest absolute Gasteiger partial charge is 0.377 e. The van der Waals surface area contributed by atoms with Crippen LogP contribution in [0.1, 0.15) is 24.8 Å². The number of ether oxygens (including phenoxy) is 1. The molecule has 80 valence electrons. The Morgan fingerprint density at radius 2 is 2.00 bits per heavy atom. The third-order valence-corrected chi connectivity index (χ3v) is 3.05. The molecule has 1 N–H and O–H groups in total. The van der Waals surface area contributed by atoms with Crippen LogP contribution in [0, 0.1) is 10.8 Å². The zero-order valence-electron chi connectivity index (χ0n) is 8.91. The molecule has 1 aliphatic carbocycles. The molecule has 0 saturated heterocycles. The molecule has 2 rings (SSSR count). The van der Waals surface area contributed by atoms with Crippen LogP contribution in [0.3, 0.4) is 0 Å². The quantitative estimate of drug-likeness (QED) is 0.559. The van der Waals surface area contributed by atoms with Crippen LogP contribution in [0.5, 0.6) is 0 Å². The molecule has 1 aromatic rings. The summed E-state index contributed by atoms with van der Waals surface area (Å²) in [6.45, 7) is 1.46. The monoisotopic (exact) mass is 203 g/mol. The highest BCUT2D eigenvalue weighted by atomic mass is 16.5. The molecule has 2 heteroatoms. The van der Waals surface area contributed by atoms with Gasteiger partial charge >= 0.3 is 0 Å². The van der Waals surface area contributed by atoms with Crippen molar-refractivity contribution in [2.75, 3.05) is 6.61 Å². The Morgan fingerprint density at radius 1 is 1.27 bits per heavy atom. The van der Waals surface area contributed by atoms with Crippen LogP contribution >= 0.6 is 0 Å². The first-order valence-electron chi connectivity index (χ1n) is 5.48. The number of benzene rings is 1. The lowest BCUT2D eigenvalue weighted by Gasteiger charge is -2.08. The first-order valence-corrected chi connectivity index (χ1v) is 5.48. The van der Waals surface area contributed by atoms with E-state index in [2.05, 4.69) is 12.1 Å². The van der Waals surface area contributed by atoms with Gasteiger partial charge in [0.15, 0.2) is 0 Å². The van der Waals surface area contributed by atoms with Gasteiger partial charge in [0.05, 0.1) is 6.61 Å². The Kier molecular flexibility index (Phi) is 3.17. The average molecular weight is 203 g/mol. The maximum Gasteiger partial charge on any atom is 0.0716 e. The Hall–Kier alpha value is -1.15. The lowest BCUT2D eigenvalue weighted by molar-refractivity contribution is 0.111. The van der Waals surface area contributed by atoms with Gasteiger partial charge < -0.3 is 10.1 Å². The van der Waals surface area contributed by atoms with E-state index in [0.29, 0.717) is 6.61 Å². The van der Waals surface area contributed by atoms with Crippen molar-refractivity contribution in [2.24, 2.45) is 5.41 Å². The minimum atomic E-state index is 0.205. The molecule has 1 aliphatic rings. The summed E-state index contributed by atoms with van der Waals surface area (Å²) < 4.78 is 5.59. The number of rotatable bonds is 6. The summed E-state index contributed by atoms with van der Waals surface area (Å²) in [4.78, 5) is 0. The molecule has 1 saturated carbocycles. The van der Waals surface area contributed by atoms with Crippen molar-refractivity contribution in [3.63, 3.8) is 0 Å². The molecule has 15 heavy (non-hydrogen) atoms. The van der Waals surface area contributed by atoms with Crippen molar-refractivity contribution in [3.8, 4) is 0 Å². The van der Waals surface area contributed by atoms with Crippen LogP contribution in [0.25, 0.3) is 0 Å². The highest BCUT2D eigenvalue weighted by Crippen LogP contribution is 2.46. The van der Waals surface area contributed by atoms with Gasteiger partial charge in [-0.15, -0.1) is 0 Å². The molecule has 0 amide bonds. The van der Waals surface area contributed by atoms with E-state index in [1.807, 2.05) is 18.2 Å². The Morgan fingerprint density at radius 3 is 2.60 bits per heavy atom. The molecular weight excluding hydrogens is 186 g/mol. The number of nitrogens with one attached hydrogen (secondary N) is 1. The standard InChI is InChI=1S/C13H17NO/c14-11-13(6-7-13)8-9-15-10-12-4-2-1-3-5-12/h1-5,11,14H,6-10H2. The normalized spacial score (nSPS) is 17.3. The van der Waals surface area contributed by atoms with Crippen molar-refractivity contribution in [1.29, 1.82) is 5.41 Å². The van der Waals surface area contributed by atoms with Crippen molar-refractivity contribution in [2.45, 2.75) is 25.9 Å². The molecule has 0 heterocycles. The fourth-order valence-electron chi connectivity index (χ4n) is 1.67. The molecule has 0 bridgehead atoms. The summed E-state index contributed by atoms with van der Waals surface area (Å²) in [5.41, 5.74) is 1.42. The Balaban J connectivity index is 1.65. The van der Waals surface area contributed by atoms with Gasteiger partial charge in [-0.25, -0.2) is 0 Å². The third-order valence-electron chi connectivity index (χ3n) is 3.05. The van der Waals surface area contributed by atoms with Crippen LogP contribution < -0.4 is 0 Å². The molecule has 0 aromatic heterocycles. The van der Waals surface area contributed by atoms with Crippen molar-refractivity contribution >= 4 is 6.21 Å². The Bertz CT molecular complexity index is 317. The topological polar surface area (TPSA) is 33.1 Å². The maximum atomic E-state index is 7.29. The zero-order valence-corrected chi connectivity index (χ0v) is 8.91. The first kappa shape index (κ1) is 10.4. The fourth-order valence-corrected chi connectivity index (χ4v) is 1.67. The summed E-state index contributed by atoms with van der Waals surface area (Å²) in [5, 5.41) is 7.29. The summed E-state index contributed by atoms with van der Waals surface area (Å²) in [7, 11) is 0. The van der Waals surface area contributed by atoms with Gasteiger partial charge in [0, 0.05) is 18.2 Å². The summed E-state index contributed by atoms with van der Waals surface area (Å²) in [6.07, 6.45) is 4.94. The molecule has 2 nitrogen and oxygen atoms in total. The smallest absolute Gasteiger partial charge is 0.0716 e. The lowest BCUT2D eigenvalue weighted by atomic mass is 10.1. The highest BCUT2D eigenvalue weighted by molar-refractivity contribution is 5.66. The Labute approximate surface area is 90.8 Å². The van der Waals surface area contributed by atoms with Crippen molar-refractivity contribution < 1.29 is 4.74 Å². The maximum absolute atomic E-state index is 7.29. The SMILES string of the molecule is N=CC1(CCOCc2ccccc2)CC1. The second-order valence-electron chi connectivity index (χ2n) is 4.29. The van der Waals surface area contributed by atoms with Crippen molar-refractivity contribution in [1.82, 2.24) is 0 Å². The van der Waals surface area contributed by atoms with Gasteiger partial charge in [-0.1, -0.05) is 30.3 Å². The van der Waals surface area contributed by atoms with Crippen molar-refractivity contribution in [3.05, 3.63) is 35.9 Å². The van der Waals surface area contributed by atoms with E-state index in [1.165, 1.54) is 18.4 Å². The van der Waals surface area contributed by atoms with Crippen LogP contribution in [-0.4, -0.2) is 12.8 Å². The fraction of sp³-hybridized carbons (Fsp3) is 0.462. The van der Waals surface area contributed by atoms with E-state index in [4.69, 9.17) is 10.1 Å². The molecule has 1 aromatic carbocycles. The lowest BCUT2D eigenvalue weighted by Crippen LogP contribution is -2.06. The molecule has 0 radical (unpaired) electrons. The molecule has 0 spiro atoms. The zero-order chi connectivity index (χ0) is 10.6. The minimum Gasteiger partial charge on any atom is -0.377 e. The molecule has 0 unspecified atom stereocenters. The van der Waals surface area contributed by atoms with E-state index in [1.54, 1.807) is 6.21 Å². The first-order chi connectivity index (χ1) is 7.35. The molecule has 1 fully saturated rings. The number of hydrogen-bond donors (Lipinski definition) is 1. The molecule has 0 atom stereocenters. The van der Waals surface area contributed by atoms with E-state index >= 15 is 0 Å². The van der Waals surface area contributed by atoms with Crippen LogP contribution in [-0.2, 0) is 11.3 Å². The number of hydrogen-bond acceptors (Lipinski definition) is 2. The van der Waals surface area contributed by atoms with E-state index in [9.17, 15) is 0 Å². The second-order valence-corrected chi connectivity index (χ2v) is 4.29. The van der Waals surface area contributed by atoms with Crippen LogP contribution in [0.2, 0.25) is 0 Å². The van der Waals surface area contributed by atoms with Gasteiger partial charge in [-0.2, -0.15) is 0 Å². The summed E-state index contributed by atoms with van der Waals surface area (Å²) >= 11 is 0. The van der Waals surface area contributed by atoms with Crippen LogP contribution in [0.15, 0.2) is 30.3 Å². The molecular formula is C13H17NO. The minimum absolute atomic E-state index is 0.205. The van der Waals surface area contributed by atoms with Gasteiger partial charge in [0.25, 0.3) is 0 Å². The van der Waals surface area contributed by atoms with Gasteiger partial charge in [0.1, 0.15) is 0 Å². The predicted octanol–water partition coefficient (Wildman–Crippen LogP) is 3.02. The second kappa shape index (κ2) is 4.58. The highest BCUT2D eigenvalue weighted by Gasteiger charge is 2.39. The summed E-state index contributed by atoms with van der Waals surface area (Å²) in [5.74, 6) is 0.